The molecule has 0 spiro atoms. The van der Waals surface area contributed by atoms with Crippen molar-refractivity contribution in [3.63, 3.8) is 0 Å². The number of hydrogen-bond acceptors (Lipinski definition) is 2. The van der Waals surface area contributed by atoms with Gasteiger partial charge in [-0.1, -0.05) is 18.9 Å². The van der Waals surface area contributed by atoms with Gasteiger partial charge >= 0.3 is 0 Å². The van der Waals surface area contributed by atoms with Crippen molar-refractivity contribution in [1.29, 1.82) is 0 Å². The molecule has 21 heavy (non-hydrogen) atoms. The lowest BCUT2D eigenvalue weighted by atomic mass is 10.1. The SMILES string of the molecule is O=C(Cc1ccc(F)c(F)c1)NCCCOC1CCCC1. The molecule has 5 heteroatoms. The third-order valence-corrected chi connectivity index (χ3v) is 3.65. The Morgan fingerprint density at radius 2 is 2.00 bits per heavy atom. The van der Waals surface area contributed by atoms with Gasteiger partial charge in [-0.2, -0.15) is 0 Å². The zero-order chi connectivity index (χ0) is 15.1. The van der Waals surface area contributed by atoms with Gasteiger partial charge in [0.1, 0.15) is 0 Å². The average Bonchev–Trinajstić information content (AvgIpc) is 2.96. The maximum atomic E-state index is 13.0. The number of hydrogen-bond donors (Lipinski definition) is 1. The number of benzene rings is 1. The summed E-state index contributed by atoms with van der Waals surface area (Å²) in [6, 6.07) is 3.51. The van der Waals surface area contributed by atoms with Crippen molar-refractivity contribution < 1.29 is 18.3 Å². The summed E-state index contributed by atoms with van der Waals surface area (Å²) in [7, 11) is 0. The van der Waals surface area contributed by atoms with Crippen LogP contribution in [0.1, 0.15) is 37.7 Å². The molecule has 1 saturated carbocycles. The second kappa shape index (κ2) is 8.08. The number of carbonyl (C=O) groups excluding carboxylic acids is 1. The van der Waals surface area contributed by atoms with Crippen LogP contribution in [-0.4, -0.2) is 25.2 Å². The van der Waals surface area contributed by atoms with Crippen molar-refractivity contribution in [2.45, 2.75) is 44.6 Å². The maximum absolute atomic E-state index is 13.0. The van der Waals surface area contributed by atoms with E-state index < -0.39 is 11.6 Å². The lowest BCUT2D eigenvalue weighted by Gasteiger charge is -2.11. The standard InChI is InChI=1S/C16H21F2NO2/c17-14-7-6-12(10-15(14)18)11-16(20)19-8-3-9-21-13-4-1-2-5-13/h6-7,10,13H,1-5,8-9,11H2,(H,19,20). The van der Waals surface area contributed by atoms with E-state index in [1.165, 1.54) is 18.9 Å². The van der Waals surface area contributed by atoms with Gasteiger partial charge in [0, 0.05) is 13.2 Å². The zero-order valence-corrected chi connectivity index (χ0v) is 12.0. The quantitative estimate of drug-likeness (QED) is 0.786. The van der Waals surface area contributed by atoms with Gasteiger partial charge in [0.25, 0.3) is 0 Å². The van der Waals surface area contributed by atoms with E-state index in [-0.39, 0.29) is 12.3 Å². The van der Waals surface area contributed by atoms with E-state index >= 15 is 0 Å². The fourth-order valence-electron chi connectivity index (χ4n) is 2.50. The lowest BCUT2D eigenvalue weighted by Crippen LogP contribution is -2.27. The molecule has 0 saturated heterocycles. The molecule has 0 radical (unpaired) electrons. The Labute approximate surface area is 123 Å². The molecule has 0 unspecified atom stereocenters. The van der Waals surface area contributed by atoms with Crippen LogP contribution < -0.4 is 5.32 Å². The van der Waals surface area contributed by atoms with Crippen molar-refractivity contribution in [3.05, 3.63) is 35.4 Å². The smallest absolute Gasteiger partial charge is 0.224 e. The largest absolute Gasteiger partial charge is 0.378 e. The fourth-order valence-corrected chi connectivity index (χ4v) is 2.50. The highest BCUT2D eigenvalue weighted by Crippen LogP contribution is 2.20. The van der Waals surface area contributed by atoms with E-state index in [2.05, 4.69) is 5.32 Å². The third kappa shape index (κ3) is 5.42. The van der Waals surface area contributed by atoms with E-state index in [0.29, 0.717) is 24.8 Å². The first-order chi connectivity index (χ1) is 10.1. The van der Waals surface area contributed by atoms with E-state index in [1.54, 1.807) is 0 Å². The van der Waals surface area contributed by atoms with Gasteiger partial charge in [-0.05, 0) is 37.0 Å². The first-order valence-electron chi connectivity index (χ1n) is 7.47. The summed E-state index contributed by atoms with van der Waals surface area (Å²) in [6.45, 7) is 1.19. The van der Waals surface area contributed by atoms with Crippen LogP contribution in [0.15, 0.2) is 18.2 Å². The molecular weight excluding hydrogens is 276 g/mol. The molecule has 116 valence electrons. The average molecular weight is 297 g/mol. The molecule has 1 N–H and O–H groups in total. The first-order valence-corrected chi connectivity index (χ1v) is 7.47. The Hall–Kier alpha value is -1.49. The van der Waals surface area contributed by atoms with Crippen molar-refractivity contribution >= 4 is 5.91 Å². The van der Waals surface area contributed by atoms with Crippen LogP contribution in [0.5, 0.6) is 0 Å². The van der Waals surface area contributed by atoms with Gasteiger partial charge in [-0.25, -0.2) is 8.78 Å². The minimum atomic E-state index is -0.926. The van der Waals surface area contributed by atoms with E-state index in [4.69, 9.17) is 4.74 Å². The highest BCUT2D eigenvalue weighted by molar-refractivity contribution is 5.78. The van der Waals surface area contributed by atoms with Crippen molar-refractivity contribution in [2.24, 2.45) is 0 Å². The number of ether oxygens (including phenoxy) is 1. The lowest BCUT2D eigenvalue weighted by molar-refractivity contribution is -0.120. The van der Waals surface area contributed by atoms with Gasteiger partial charge < -0.3 is 10.1 Å². The monoisotopic (exact) mass is 297 g/mol. The summed E-state index contributed by atoms with van der Waals surface area (Å²) in [5, 5.41) is 2.76. The topological polar surface area (TPSA) is 38.3 Å². The molecule has 2 rings (SSSR count). The number of carbonyl (C=O) groups is 1. The van der Waals surface area contributed by atoms with Gasteiger partial charge in [-0.15, -0.1) is 0 Å². The second-order valence-electron chi connectivity index (χ2n) is 5.41. The van der Waals surface area contributed by atoms with Crippen LogP contribution in [0.25, 0.3) is 0 Å². The van der Waals surface area contributed by atoms with Crippen LogP contribution in [-0.2, 0) is 16.0 Å². The molecule has 0 bridgehead atoms. The van der Waals surface area contributed by atoms with Crippen molar-refractivity contribution in [2.75, 3.05) is 13.2 Å². The summed E-state index contributed by atoms with van der Waals surface area (Å²) in [4.78, 5) is 11.7. The molecule has 0 aromatic heterocycles. The Bertz CT molecular complexity index is 473. The Morgan fingerprint density at radius 3 is 2.71 bits per heavy atom. The molecule has 1 aliphatic rings. The van der Waals surface area contributed by atoms with Crippen LogP contribution in [0.3, 0.4) is 0 Å². The molecule has 1 aromatic carbocycles. The minimum Gasteiger partial charge on any atom is -0.378 e. The van der Waals surface area contributed by atoms with Gasteiger partial charge in [-0.3, -0.25) is 4.79 Å². The molecule has 1 fully saturated rings. The fraction of sp³-hybridized carbons (Fsp3) is 0.562. The van der Waals surface area contributed by atoms with Crippen molar-refractivity contribution in [3.8, 4) is 0 Å². The number of rotatable bonds is 7. The molecule has 3 nitrogen and oxygen atoms in total. The summed E-state index contributed by atoms with van der Waals surface area (Å²) < 4.78 is 31.5. The molecule has 0 atom stereocenters. The van der Waals surface area contributed by atoms with Gasteiger partial charge in [0.2, 0.25) is 5.91 Å². The Morgan fingerprint density at radius 1 is 1.24 bits per heavy atom. The number of nitrogens with one attached hydrogen (secondary N) is 1. The van der Waals surface area contributed by atoms with Crippen LogP contribution in [0.4, 0.5) is 8.78 Å². The molecule has 0 heterocycles. The summed E-state index contributed by atoms with van der Waals surface area (Å²) in [6.07, 6.45) is 5.99. The van der Waals surface area contributed by atoms with Crippen LogP contribution in [0.2, 0.25) is 0 Å². The van der Waals surface area contributed by atoms with E-state index in [9.17, 15) is 13.6 Å². The number of amides is 1. The third-order valence-electron chi connectivity index (χ3n) is 3.65. The Kier molecular flexibility index (Phi) is 6.11. The molecular formula is C16H21F2NO2. The normalized spacial score (nSPS) is 15.3. The van der Waals surface area contributed by atoms with E-state index in [1.807, 2.05) is 0 Å². The summed E-state index contributed by atoms with van der Waals surface area (Å²) in [5.74, 6) is -2.02. The number of halogens is 2. The van der Waals surface area contributed by atoms with Gasteiger partial charge in [0.05, 0.1) is 12.5 Å². The van der Waals surface area contributed by atoms with Crippen LogP contribution >= 0.6 is 0 Å². The molecule has 0 aliphatic heterocycles. The predicted octanol–water partition coefficient (Wildman–Crippen LogP) is 2.97. The zero-order valence-electron chi connectivity index (χ0n) is 12.0. The summed E-state index contributed by atoms with van der Waals surface area (Å²) in [5.41, 5.74) is 0.466. The highest BCUT2D eigenvalue weighted by Gasteiger charge is 2.14. The van der Waals surface area contributed by atoms with E-state index in [0.717, 1.165) is 31.4 Å². The molecule has 1 aliphatic carbocycles. The minimum absolute atomic E-state index is 0.0562. The first kappa shape index (κ1) is 15.9. The highest BCUT2D eigenvalue weighted by atomic mass is 19.2. The summed E-state index contributed by atoms with van der Waals surface area (Å²) >= 11 is 0. The predicted molar refractivity (Wildman–Crippen MR) is 75.9 cm³/mol. The Balaban J connectivity index is 1.59. The van der Waals surface area contributed by atoms with Crippen molar-refractivity contribution in [1.82, 2.24) is 5.32 Å². The molecule has 1 aromatic rings. The second-order valence-corrected chi connectivity index (χ2v) is 5.41. The van der Waals surface area contributed by atoms with Crippen LogP contribution in [0, 0.1) is 11.6 Å². The maximum Gasteiger partial charge on any atom is 0.224 e. The van der Waals surface area contributed by atoms with Gasteiger partial charge in [0.15, 0.2) is 11.6 Å². The molecule has 1 amide bonds.